The number of hydrogen-bond donors (Lipinski definition) is 0. The zero-order valence-corrected chi connectivity index (χ0v) is 15.8. The first kappa shape index (κ1) is 19.7. The van der Waals surface area contributed by atoms with Crippen molar-refractivity contribution in [2.45, 2.75) is 32.0 Å². The van der Waals surface area contributed by atoms with Crippen LogP contribution < -0.4 is 4.74 Å². The lowest BCUT2D eigenvalue weighted by Gasteiger charge is -2.11. The van der Waals surface area contributed by atoms with Crippen molar-refractivity contribution in [1.82, 2.24) is 4.98 Å². The van der Waals surface area contributed by atoms with Gasteiger partial charge in [-0.15, -0.1) is 0 Å². The van der Waals surface area contributed by atoms with Crippen LogP contribution in [0.3, 0.4) is 0 Å². The predicted molar refractivity (Wildman–Crippen MR) is 95.1 cm³/mol. The van der Waals surface area contributed by atoms with E-state index in [1.165, 1.54) is 18.3 Å². The van der Waals surface area contributed by atoms with Gasteiger partial charge in [0.05, 0.1) is 24.3 Å². The van der Waals surface area contributed by atoms with Crippen molar-refractivity contribution in [3.05, 3.63) is 57.8 Å². The standard InChI is InChI=1S/C19H17BrF3NO3/c20-17-9-12(1-6-16(17)19(21,22)23)11-27-15-5-4-14(24-10-15)7-8-26-18(25)13-2-3-13/h1,4-6,9-10,13H,2-3,7-8,11H2. The molecule has 1 aromatic heterocycles. The van der Waals surface area contributed by atoms with Gasteiger partial charge in [-0.05, 0) is 42.7 Å². The summed E-state index contributed by atoms with van der Waals surface area (Å²) in [4.78, 5) is 15.7. The lowest BCUT2D eigenvalue weighted by atomic mass is 10.1. The highest BCUT2D eigenvalue weighted by atomic mass is 79.9. The van der Waals surface area contributed by atoms with Gasteiger partial charge < -0.3 is 9.47 Å². The van der Waals surface area contributed by atoms with Crippen LogP contribution in [0.15, 0.2) is 41.0 Å². The lowest BCUT2D eigenvalue weighted by molar-refractivity contribution is -0.145. The second kappa shape index (κ2) is 8.29. The van der Waals surface area contributed by atoms with Crippen LogP contribution in [0.2, 0.25) is 0 Å². The average molecular weight is 444 g/mol. The number of nitrogens with zero attached hydrogens (tertiary/aromatic N) is 1. The molecule has 1 fully saturated rings. The quantitative estimate of drug-likeness (QED) is 0.568. The van der Waals surface area contributed by atoms with Crippen LogP contribution >= 0.6 is 15.9 Å². The first-order chi connectivity index (χ1) is 12.8. The molecule has 0 amide bonds. The number of pyridine rings is 1. The molecule has 4 nitrogen and oxygen atoms in total. The predicted octanol–water partition coefficient (Wildman–Crippen LogP) is 4.94. The Balaban J connectivity index is 1.48. The third-order valence-corrected chi connectivity index (χ3v) is 4.71. The molecule has 2 aromatic rings. The van der Waals surface area contributed by atoms with Crippen molar-refractivity contribution in [2.24, 2.45) is 5.92 Å². The monoisotopic (exact) mass is 443 g/mol. The van der Waals surface area contributed by atoms with E-state index < -0.39 is 11.7 Å². The van der Waals surface area contributed by atoms with E-state index in [4.69, 9.17) is 9.47 Å². The van der Waals surface area contributed by atoms with Crippen molar-refractivity contribution in [1.29, 1.82) is 0 Å². The highest BCUT2D eigenvalue weighted by molar-refractivity contribution is 9.10. The van der Waals surface area contributed by atoms with Gasteiger partial charge in [0.15, 0.2) is 0 Å². The second-order valence-corrected chi connectivity index (χ2v) is 7.13. The molecular weight excluding hydrogens is 427 g/mol. The number of rotatable bonds is 7. The number of alkyl halides is 3. The minimum absolute atomic E-state index is 0.0229. The fourth-order valence-corrected chi connectivity index (χ4v) is 3.03. The van der Waals surface area contributed by atoms with E-state index in [9.17, 15) is 18.0 Å². The summed E-state index contributed by atoms with van der Waals surface area (Å²) < 4.78 is 48.9. The van der Waals surface area contributed by atoms with Gasteiger partial charge in [-0.3, -0.25) is 9.78 Å². The SMILES string of the molecule is O=C(OCCc1ccc(OCc2ccc(C(F)(F)F)c(Br)c2)cn1)C1CC1. The van der Waals surface area contributed by atoms with E-state index >= 15 is 0 Å². The molecule has 0 radical (unpaired) electrons. The molecule has 0 spiro atoms. The summed E-state index contributed by atoms with van der Waals surface area (Å²) in [6.45, 7) is 0.416. The third-order valence-electron chi connectivity index (χ3n) is 4.06. The Labute approximate surface area is 162 Å². The molecule has 1 aliphatic carbocycles. The van der Waals surface area contributed by atoms with Gasteiger partial charge in [0, 0.05) is 16.6 Å². The summed E-state index contributed by atoms with van der Waals surface area (Å²) >= 11 is 2.94. The summed E-state index contributed by atoms with van der Waals surface area (Å²) in [5.41, 5.74) is 0.647. The summed E-state index contributed by atoms with van der Waals surface area (Å²) in [6.07, 6.45) is -0.510. The maximum Gasteiger partial charge on any atom is 0.417 e. The fourth-order valence-electron chi connectivity index (χ4n) is 2.38. The highest BCUT2D eigenvalue weighted by Crippen LogP contribution is 2.35. The van der Waals surface area contributed by atoms with Crippen LogP contribution in [0.5, 0.6) is 5.75 Å². The minimum atomic E-state index is -4.40. The number of benzene rings is 1. The smallest absolute Gasteiger partial charge is 0.417 e. The van der Waals surface area contributed by atoms with Gasteiger partial charge in [-0.2, -0.15) is 13.2 Å². The Morgan fingerprint density at radius 1 is 1.22 bits per heavy atom. The van der Waals surface area contributed by atoms with Crippen LogP contribution in [-0.4, -0.2) is 17.6 Å². The van der Waals surface area contributed by atoms with Crippen molar-refractivity contribution >= 4 is 21.9 Å². The number of carbonyl (C=O) groups is 1. The maximum atomic E-state index is 12.7. The number of ether oxygens (including phenoxy) is 2. The molecule has 0 bridgehead atoms. The first-order valence-electron chi connectivity index (χ1n) is 8.43. The van der Waals surface area contributed by atoms with Crippen molar-refractivity contribution < 1.29 is 27.4 Å². The van der Waals surface area contributed by atoms with Crippen molar-refractivity contribution in [3.63, 3.8) is 0 Å². The van der Waals surface area contributed by atoms with Crippen LogP contribution in [0.1, 0.15) is 29.7 Å². The van der Waals surface area contributed by atoms with Crippen LogP contribution in [-0.2, 0) is 28.7 Å². The lowest BCUT2D eigenvalue weighted by Crippen LogP contribution is -2.09. The summed E-state index contributed by atoms with van der Waals surface area (Å²) in [6, 6.07) is 7.28. The average Bonchev–Trinajstić information content (AvgIpc) is 3.45. The van der Waals surface area contributed by atoms with E-state index in [1.54, 1.807) is 12.1 Å². The molecule has 1 saturated carbocycles. The van der Waals surface area contributed by atoms with Crippen LogP contribution in [0.25, 0.3) is 0 Å². The molecule has 1 aromatic carbocycles. The molecule has 0 atom stereocenters. The summed E-state index contributed by atoms with van der Waals surface area (Å²) in [5, 5.41) is 0. The molecule has 0 unspecified atom stereocenters. The molecule has 8 heteroatoms. The van der Waals surface area contributed by atoms with E-state index in [0.29, 0.717) is 24.3 Å². The third kappa shape index (κ3) is 5.69. The molecule has 0 saturated heterocycles. The number of halogens is 4. The maximum absolute atomic E-state index is 12.7. The van der Waals surface area contributed by atoms with Crippen molar-refractivity contribution in [2.75, 3.05) is 6.61 Å². The normalized spacial score (nSPS) is 14.1. The molecule has 3 rings (SSSR count). The van der Waals surface area contributed by atoms with Gasteiger partial charge in [0.25, 0.3) is 0 Å². The van der Waals surface area contributed by atoms with Crippen LogP contribution in [0, 0.1) is 5.92 Å². The molecule has 1 heterocycles. The number of carbonyl (C=O) groups excluding carboxylic acids is 1. The molecular formula is C19H17BrF3NO3. The van der Waals surface area contributed by atoms with Gasteiger partial charge in [-0.1, -0.05) is 22.0 Å². The largest absolute Gasteiger partial charge is 0.487 e. The summed E-state index contributed by atoms with van der Waals surface area (Å²) in [7, 11) is 0. The Kier molecular flexibility index (Phi) is 6.04. The van der Waals surface area contributed by atoms with E-state index in [1.807, 2.05) is 0 Å². The van der Waals surface area contributed by atoms with E-state index in [-0.39, 0.29) is 23.0 Å². The van der Waals surface area contributed by atoms with Crippen LogP contribution in [0.4, 0.5) is 13.2 Å². The Morgan fingerprint density at radius 3 is 2.59 bits per heavy atom. The Morgan fingerprint density at radius 2 is 2.00 bits per heavy atom. The van der Waals surface area contributed by atoms with Gasteiger partial charge in [0.2, 0.25) is 0 Å². The molecule has 0 aliphatic heterocycles. The Hall–Kier alpha value is -2.09. The Bertz CT molecular complexity index is 805. The molecule has 1 aliphatic rings. The zero-order chi connectivity index (χ0) is 19.4. The highest BCUT2D eigenvalue weighted by Gasteiger charge is 2.33. The molecule has 144 valence electrons. The van der Waals surface area contributed by atoms with E-state index in [2.05, 4.69) is 20.9 Å². The number of aromatic nitrogens is 1. The van der Waals surface area contributed by atoms with Gasteiger partial charge >= 0.3 is 12.1 Å². The van der Waals surface area contributed by atoms with E-state index in [0.717, 1.165) is 24.6 Å². The minimum Gasteiger partial charge on any atom is -0.487 e. The summed E-state index contributed by atoms with van der Waals surface area (Å²) in [5.74, 6) is 0.446. The van der Waals surface area contributed by atoms with Crippen molar-refractivity contribution in [3.8, 4) is 5.75 Å². The topological polar surface area (TPSA) is 48.4 Å². The first-order valence-corrected chi connectivity index (χ1v) is 9.22. The zero-order valence-electron chi connectivity index (χ0n) is 14.3. The second-order valence-electron chi connectivity index (χ2n) is 6.28. The number of hydrogen-bond acceptors (Lipinski definition) is 4. The number of esters is 1. The van der Waals surface area contributed by atoms with Gasteiger partial charge in [-0.25, -0.2) is 0 Å². The molecule has 0 N–H and O–H groups in total. The van der Waals surface area contributed by atoms with Gasteiger partial charge in [0.1, 0.15) is 12.4 Å². The fraction of sp³-hybridized carbons (Fsp3) is 0.368. The molecule has 27 heavy (non-hydrogen) atoms.